The van der Waals surface area contributed by atoms with E-state index in [1.807, 2.05) is 29.2 Å². The molecule has 4 heteroatoms. The van der Waals surface area contributed by atoms with Crippen molar-refractivity contribution in [2.45, 2.75) is 52.0 Å². The van der Waals surface area contributed by atoms with E-state index in [-0.39, 0.29) is 16.9 Å². The summed E-state index contributed by atoms with van der Waals surface area (Å²) in [7, 11) is 3.22. The van der Waals surface area contributed by atoms with Crippen LogP contribution in [0.3, 0.4) is 0 Å². The van der Waals surface area contributed by atoms with Gasteiger partial charge in [0.2, 0.25) is 0 Å². The Morgan fingerprint density at radius 3 is 2.17 bits per heavy atom. The summed E-state index contributed by atoms with van der Waals surface area (Å²) in [4.78, 5) is 15.6. The van der Waals surface area contributed by atoms with Gasteiger partial charge in [-0.05, 0) is 75.1 Å². The second-order valence-corrected chi connectivity index (χ2v) is 10.3. The number of amides is 1. The number of fused-ring (bicyclic) bond motifs is 1. The fourth-order valence-corrected chi connectivity index (χ4v) is 5.45. The lowest BCUT2D eigenvalue weighted by Crippen LogP contribution is -2.55. The quantitative estimate of drug-likeness (QED) is 0.383. The highest BCUT2D eigenvalue weighted by atomic mass is 16.5. The lowest BCUT2D eigenvalue weighted by atomic mass is 9.65. The molecular formula is C31H35NO3. The fraction of sp³-hybridized carbons (Fsp3) is 0.323. The number of hydrogen-bond donors (Lipinski definition) is 0. The van der Waals surface area contributed by atoms with Gasteiger partial charge < -0.3 is 14.4 Å². The summed E-state index contributed by atoms with van der Waals surface area (Å²) in [6.45, 7) is 10.8. The lowest BCUT2D eigenvalue weighted by Gasteiger charge is -2.51. The van der Waals surface area contributed by atoms with Crippen LogP contribution < -0.4 is 14.4 Å². The summed E-state index contributed by atoms with van der Waals surface area (Å²) in [5.41, 5.74) is 6.15. The molecule has 0 saturated carbocycles. The van der Waals surface area contributed by atoms with E-state index in [9.17, 15) is 4.79 Å². The van der Waals surface area contributed by atoms with E-state index in [1.165, 1.54) is 22.3 Å². The van der Waals surface area contributed by atoms with Crippen LogP contribution >= 0.6 is 0 Å². The minimum atomic E-state index is -0.388. The zero-order valence-electron chi connectivity index (χ0n) is 21.8. The minimum absolute atomic E-state index is 0.0409. The third-order valence-electron chi connectivity index (χ3n) is 7.11. The number of carbonyl (C=O) groups is 1. The number of rotatable bonds is 5. The second-order valence-electron chi connectivity index (χ2n) is 10.3. The molecule has 182 valence electrons. The van der Waals surface area contributed by atoms with Gasteiger partial charge in [0.15, 0.2) is 11.5 Å². The van der Waals surface area contributed by atoms with Crippen LogP contribution in [0.5, 0.6) is 11.5 Å². The molecule has 35 heavy (non-hydrogen) atoms. The van der Waals surface area contributed by atoms with Crippen LogP contribution in [0.4, 0.5) is 5.69 Å². The van der Waals surface area contributed by atoms with Crippen molar-refractivity contribution in [3.05, 3.63) is 94.6 Å². The van der Waals surface area contributed by atoms with Gasteiger partial charge in [-0.25, -0.2) is 0 Å². The van der Waals surface area contributed by atoms with E-state index in [1.54, 1.807) is 20.3 Å². The molecule has 3 aromatic carbocycles. The molecule has 1 heterocycles. The molecule has 0 bridgehead atoms. The third kappa shape index (κ3) is 4.58. The summed E-state index contributed by atoms with van der Waals surface area (Å²) < 4.78 is 10.7. The highest BCUT2D eigenvalue weighted by Crippen LogP contribution is 2.50. The Labute approximate surface area is 209 Å². The van der Waals surface area contributed by atoms with Crippen molar-refractivity contribution in [3.63, 3.8) is 0 Å². The van der Waals surface area contributed by atoms with Gasteiger partial charge >= 0.3 is 0 Å². The molecule has 0 aliphatic carbocycles. The summed E-state index contributed by atoms with van der Waals surface area (Å²) >= 11 is 0. The number of aryl methyl sites for hydroxylation is 2. The third-order valence-corrected chi connectivity index (χ3v) is 7.11. The molecule has 4 nitrogen and oxygen atoms in total. The minimum Gasteiger partial charge on any atom is -0.493 e. The standard InChI is InChI=1S/C31H35NO3/c1-21-8-13-24(14-9-21)31(5)20-30(3,4)32(26-15-10-22(2)18-25(26)31)29(33)17-12-23-11-16-27(34-6)28(19-23)35-7/h8-19H,20H2,1-7H3. The average Bonchev–Trinajstić information content (AvgIpc) is 2.82. The van der Waals surface area contributed by atoms with E-state index in [0.29, 0.717) is 11.5 Å². The maximum Gasteiger partial charge on any atom is 0.251 e. The summed E-state index contributed by atoms with van der Waals surface area (Å²) in [6.07, 6.45) is 4.30. The molecule has 1 atom stereocenters. The van der Waals surface area contributed by atoms with Gasteiger partial charge in [0.1, 0.15) is 0 Å². The van der Waals surface area contributed by atoms with E-state index in [2.05, 4.69) is 77.1 Å². The van der Waals surface area contributed by atoms with Gasteiger partial charge in [0.25, 0.3) is 5.91 Å². The Bertz CT molecular complexity index is 1270. The molecule has 0 radical (unpaired) electrons. The van der Waals surface area contributed by atoms with Crippen molar-refractivity contribution in [1.29, 1.82) is 0 Å². The Hall–Kier alpha value is -3.53. The Balaban J connectivity index is 1.75. The zero-order chi connectivity index (χ0) is 25.4. The van der Waals surface area contributed by atoms with Crippen molar-refractivity contribution in [2.75, 3.05) is 19.1 Å². The molecular weight excluding hydrogens is 434 g/mol. The maximum atomic E-state index is 13.7. The number of ether oxygens (including phenoxy) is 2. The van der Waals surface area contributed by atoms with Crippen LogP contribution in [0, 0.1) is 13.8 Å². The highest BCUT2D eigenvalue weighted by Gasteiger charge is 2.47. The largest absolute Gasteiger partial charge is 0.493 e. The van der Waals surface area contributed by atoms with Gasteiger partial charge in [0, 0.05) is 22.7 Å². The Morgan fingerprint density at radius 1 is 0.857 bits per heavy atom. The Kier molecular flexibility index (Phi) is 6.50. The van der Waals surface area contributed by atoms with Crippen molar-refractivity contribution in [1.82, 2.24) is 0 Å². The fourth-order valence-electron chi connectivity index (χ4n) is 5.45. The van der Waals surface area contributed by atoms with Crippen LogP contribution in [0.2, 0.25) is 0 Å². The van der Waals surface area contributed by atoms with Crippen molar-refractivity contribution in [2.24, 2.45) is 0 Å². The molecule has 0 spiro atoms. The molecule has 1 amide bonds. The topological polar surface area (TPSA) is 38.8 Å². The molecule has 1 aliphatic heterocycles. The van der Waals surface area contributed by atoms with Crippen molar-refractivity contribution in [3.8, 4) is 11.5 Å². The van der Waals surface area contributed by atoms with Crippen LogP contribution in [-0.4, -0.2) is 25.7 Å². The predicted octanol–water partition coefficient (Wildman–Crippen LogP) is 6.86. The molecule has 0 aromatic heterocycles. The van der Waals surface area contributed by atoms with E-state index in [0.717, 1.165) is 17.7 Å². The van der Waals surface area contributed by atoms with E-state index >= 15 is 0 Å². The van der Waals surface area contributed by atoms with Gasteiger partial charge in [-0.15, -0.1) is 0 Å². The van der Waals surface area contributed by atoms with Crippen LogP contribution in [0.15, 0.2) is 66.7 Å². The summed E-state index contributed by atoms with van der Waals surface area (Å²) in [6, 6.07) is 20.9. The molecule has 0 saturated heterocycles. The lowest BCUT2D eigenvalue weighted by molar-refractivity contribution is -0.115. The molecule has 4 rings (SSSR count). The summed E-state index contributed by atoms with van der Waals surface area (Å²) in [5, 5.41) is 0. The molecule has 3 aromatic rings. The number of carbonyl (C=O) groups excluding carboxylic acids is 1. The first-order chi connectivity index (χ1) is 16.6. The van der Waals surface area contributed by atoms with Gasteiger partial charge in [0.05, 0.1) is 14.2 Å². The van der Waals surface area contributed by atoms with Crippen molar-refractivity contribution < 1.29 is 14.3 Å². The maximum absolute atomic E-state index is 13.7. The highest BCUT2D eigenvalue weighted by molar-refractivity contribution is 6.06. The molecule has 1 aliphatic rings. The van der Waals surface area contributed by atoms with Crippen molar-refractivity contribution >= 4 is 17.7 Å². The number of hydrogen-bond acceptors (Lipinski definition) is 3. The smallest absolute Gasteiger partial charge is 0.251 e. The summed E-state index contributed by atoms with van der Waals surface area (Å²) in [5.74, 6) is 1.25. The number of methoxy groups -OCH3 is 2. The molecule has 1 unspecified atom stereocenters. The van der Waals surface area contributed by atoms with Crippen LogP contribution in [0.25, 0.3) is 6.08 Å². The number of nitrogens with zero attached hydrogens (tertiary/aromatic N) is 1. The zero-order valence-corrected chi connectivity index (χ0v) is 21.8. The SMILES string of the molecule is COc1ccc(C=CC(=O)N2c3ccc(C)cc3C(C)(c3ccc(C)cc3)CC2(C)C)cc1OC. The van der Waals surface area contributed by atoms with Crippen LogP contribution in [-0.2, 0) is 10.2 Å². The number of benzene rings is 3. The van der Waals surface area contributed by atoms with Gasteiger partial charge in [-0.3, -0.25) is 4.79 Å². The molecule has 0 N–H and O–H groups in total. The second kappa shape index (κ2) is 9.26. The molecule has 0 fully saturated rings. The first kappa shape index (κ1) is 24.6. The number of anilines is 1. The average molecular weight is 470 g/mol. The Morgan fingerprint density at radius 2 is 1.51 bits per heavy atom. The normalized spacial score (nSPS) is 18.9. The first-order valence-electron chi connectivity index (χ1n) is 12.0. The van der Waals surface area contributed by atoms with E-state index in [4.69, 9.17) is 9.47 Å². The van der Waals surface area contributed by atoms with Gasteiger partial charge in [-0.1, -0.05) is 60.5 Å². The van der Waals surface area contributed by atoms with E-state index < -0.39 is 0 Å². The predicted molar refractivity (Wildman–Crippen MR) is 144 cm³/mol. The van der Waals surface area contributed by atoms with Crippen LogP contribution in [0.1, 0.15) is 55.0 Å². The van der Waals surface area contributed by atoms with Gasteiger partial charge in [-0.2, -0.15) is 0 Å². The monoisotopic (exact) mass is 469 g/mol. The first-order valence-corrected chi connectivity index (χ1v) is 12.0.